The van der Waals surface area contributed by atoms with Gasteiger partial charge in [-0.3, -0.25) is 9.20 Å². The minimum atomic E-state index is -1.20. The van der Waals surface area contributed by atoms with Crippen LogP contribution in [0.5, 0.6) is 0 Å². The van der Waals surface area contributed by atoms with E-state index in [1.54, 1.807) is 46.9 Å². The zero-order valence-corrected chi connectivity index (χ0v) is 20.7. The van der Waals surface area contributed by atoms with Crippen LogP contribution in [-0.4, -0.2) is 53.6 Å². The lowest BCUT2D eigenvalue weighted by Gasteiger charge is -2.38. The Kier molecular flexibility index (Phi) is 5.59. The van der Waals surface area contributed by atoms with Crippen LogP contribution in [0.4, 0.5) is 9.18 Å². The van der Waals surface area contributed by atoms with E-state index in [1.165, 1.54) is 16.5 Å². The Morgan fingerprint density at radius 1 is 1.11 bits per heavy atom. The molecule has 0 radical (unpaired) electrons. The van der Waals surface area contributed by atoms with Gasteiger partial charge in [0.15, 0.2) is 11.5 Å². The molecule has 0 spiro atoms. The van der Waals surface area contributed by atoms with Gasteiger partial charge in [0, 0.05) is 48.9 Å². The lowest BCUT2D eigenvalue weighted by molar-refractivity contribution is -0.0358. The van der Waals surface area contributed by atoms with Gasteiger partial charge in [0.2, 0.25) is 0 Å². The molecule has 36 heavy (non-hydrogen) atoms. The van der Waals surface area contributed by atoms with Crippen LogP contribution < -0.4 is 5.56 Å². The molecule has 5 heterocycles. The van der Waals surface area contributed by atoms with E-state index in [0.717, 1.165) is 0 Å². The molecule has 0 aliphatic carbocycles. The van der Waals surface area contributed by atoms with Crippen LogP contribution in [0.1, 0.15) is 44.9 Å². The highest BCUT2D eigenvalue weighted by Gasteiger charge is 2.37. The zero-order valence-electron chi connectivity index (χ0n) is 20.7. The van der Waals surface area contributed by atoms with Crippen molar-refractivity contribution in [3.8, 4) is 11.3 Å². The second kappa shape index (κ2) is 8.41. The summed E-state index contributed by atoms with van der Waals surface area (Å²) in [5.74, 6) is -0.502. The minimum Gasteiger partial charge on any atom is -0.444 e. The molecule has 10 heteroatoms. The standard InChI is InChI=1S/C26H28FN5O4/c1-16-13-31-14-17(11-19(27)23(31)28-16)20-12-22(33)32-15-18(5-6-21(32)29-20)26(35)7-9-30(10-8-26)24(34)36-25(2,3)4/h5-6,11-15,35H,7-10H2,1-4H3. The fraction of sp³-hybridized carbons (Fsp3) is 0.385. The van der Waals surface area contributed by atoms with E-state index in [9.17, 15) is 19.1 Å². The van der Waals surface area contributed by atoms with Crippen molar-refractivity contribution < 1.29 is 19.0 Å². The van der Waals surface area contributed by atoms with E-state index < -0.39 is 23.1 Å². The smallest absolute Gasteiger partial charge is 0.410 e. The number of imidazole rings is 1. The number of nitrogens with zero attached hydrogens (tertiary/aromatic N) is 5. The number of aliphatic hydroxyl groups is 1. The summed E-state index contributed by atoms with van der Waals surface area (Å²) in [6.07, 6.45) is 5.18. The number of aromatic nitrogens is 4. The van der Waals surface area contributed by atoms with Crippen molar-refractivity contribution in [2.45, 2.75) is 51.7 Å². The van der Waals surface area contributed by atoms with E-state index >= 15 is 0 Å². The number of halogens is 1. The number of carbonyl (C=O) groups excluding carboxylic acids is 1. The summed E-state index contributed by atoms with van der Waals surface area (Å²) >= 11 is 0. The molecule has 188 valence electrons. The Morgan fingerprint density at radius 3 is 2.53 bits per heavy atom. The average Bonchev–Trinajstić information content (AvgIpc) is 3.19. The number of amides is 1. The summed E-state index contributed by atoms with van der Waals surface area (Å²) in [5, 5.41) is 11.3. The molecule has 0 atom stereocenters. The zero-order chi connectivity index (χ0) is 25.8. The molecule has 0 unspecified atom stereocenters. The number of hydrogen-bond acceptors (Lipinski definition) is 6. The van der Waals surface area contributed by atoms with Crippen molar-refractivity contribution in [3.63, 3.8) is 0 Å². The maximum Gasteiger partial charge on any atom is 0.410 e. The average molecular weight is 494 g/mol. The third kappa shape index (κ3) is 4.44. The summed E-state index contributed by atoms with van der Waals surface area (Å²) in [7, 11) is 0. The molecule has 1 aliphatic rings. The maximum absolute atomic E-state index is 14.6. The molecule has 1 amide bonds. The quantitative estimate of drug-likeness (QED) is 0.457. The predicted octanol–water partition coefficient (Wildman–Crippen LogP) is 3.68. The normalized spacial score (nSPS) is 16.0. The number of piperidine rings is 1. The van der Waals surface area contributed by atoms with Crippen LogP contribution in [0.3, 0.4) is 0 Å². The Bertz CT molecular complexity index is 1540. The lowest BCUT2D eigenvalue weighted by atomic mass is 9.85. The summed E-state index contributed by atoms with van der Waals surface area (Å²) in [6.45, 7) is 7.87. The van der Waals surface area contributed by atoms with Gasteiger partial charge in [-0.15, -0.1) is 0 Å². The number of fused-ring (bicyclic) bond motifs is 2. The van der Waals surface area contributed by atoms with E-state index in [4.69, 9.17) is 4.74 Å². The Balaban J connectivity index is 1.42. The van der Waals surface area contributed by atoms with Crippen LogP contribution in [0.15, 0.2) is 47.7 Å². The van der Waals surface area contributed by atoms with Crippen molar-refractivity contribution in [1.82, 2.24) is 23.7 Å². The number of carbonyl (C=O) groups is 1. The highest BCUT2D eigenvalue weighted by molar-refractivity contribution is 5.68. The Morgan fingerprint density at radius 2 is 1.83 bits per heavy atom. The first-order chi connectivity index (χ1) is 16.9. The molecular formula is C26H28FN5O4. The van der Waals surface area contributed by atoms with Crippen LogP contribution in [0, 0.1) is 12.7 Å². The Hall–Kier alpha value is -3.79. The fourth-order valence-corrected chi connectivity index (χ4v) is 4.52. The van der Waals surface area contributed by atoms with Gasteiger partial charge in [0.25, 0.3) is 5.56 Å². The topological polar surface area (TPSA) is 101 Å². The molecule has 0 bridgehead atoms. The molecule has 1 N–H and O–H groups in total. The molecule has 0 aromatic carbocycles. The molecule has 1 aliphatic heterocycles. The van der Waals surface area contributed by atoms with Gasteiger partial charge in [-0.05, 0) is 52.7 Å². The van der Waals surface area contributed by atoms with E-state index in [0.29, 0.717) is 54.1 Å². The van der Waals surface area contributed by atoms with Gasteiger partial charge < -0.3 is 19.1 Å². The molecule has 4 aromatic heterocycles. The van der Waals surface area contributed by atoms with E-state index in [-0.39, 0.29) is 11.2 Å². The number of aryl methyl sites for hydroxylation is 1. The second-order valence-corrected chi connectivity index (χ2v) is 10.3. The monoisotopic (exact) mass is 493 g/mol. The number of likely N-dealkylation sites (tertiary alicyclic amines) is 1. The number of pyridine rings is 2. The SMILES string of the molecule is Cc1cn2cc(-c3cc(=O)n4cc(C5(O)CCN(C(=O)OC(C)(C)C)CC5)ccc4n3)cc(F)c2n1. The Labute approximate surface area is 206 Å². The lowest BCUT2D eigenvalue weighted by Crippen LogP contribution is -2.47. The fourth-order valence-electron chi connectivity index (χ4n) is 4.52. The van der Waals surface area contributed by atoms with Crippen molar-refractivity contribution in [1.29, 1.82) is 0 Å². The maximum atomic E-state index is 14.6. The van der Waals surface area contributed by atoms with E-state index in [1.807, 2.05) is 20.8 Å². The number of ether oxygens (including phenoxy) is 1. The van der Waals surface area contributed by atoms with Crippen molar-refractivity contribution in [2.75, 3.05) is 13.1 Å². The van der Waals surface area contributed by atoms with Crippen molar-refractivity contribution in [2.24, 2.45) is 0 Å². The first-order valence-electron chi connectivity index (χ1n) is 11.8. The molecule has 9 nitrogen and oxygen atoms in total. The minimum absolute atomic E-state index is 0.212. The molecule has 5 rings (SSSR count). The van der Waals surface area contributed by atoms with Crippen LogP contribution in [-0.2, 0) is 10.3 Å². The van der Waals surface area contributed by atoms with E-state index in [2.05, 4.69) is 9.97 Å². The summed E-state index contributed by atoms with van der Waals surface area (Å²) in [5.41, 5.74) is 0.482. The van der Waals surface area contributed by atoms with Gasteiger partial charge in [0.1, 0.15) is 11.2 Å². The highest BCUT2D eigenvalue weighted by atomic mass is 19.1. The summed E-state index contributed by atoms with van der Waals surface area (Å²) < 4.78 is 22.9. The molecule has 4 aromatic rings. The molecule has 1 saturated heterocycles. The van der Waals surface area contributed by atoms with Gasteiger partial charge in [-0.2, -0.15) is 0 Å². The number of hydrogen-bond donors (Lipinski definition) is 1. The van der Waals surface area contributed by atoms with Crippen LogP contribution in [0.25, 0.3) is 22.6 Å². The largest absolute Gasteiger partial charge is 0.444 e. The van der Waals surface area contributed by atoms with Crippen LogP contribution in [0.2, 0.25) is 0 Å². The van der Waals surface area contributed by atoms with Crippen LogP contribution >= 0.6 is 0 Å². The van der Waals surface area contributed by atoms with Gasteiger partial charge in [0.05, 0.1) is 17.0 Å². The summed E-state index contributed by atoms with van der Waals surface area (Å²) in [6, 6.07) is 6.05. The molecule has 1 fully saturated rings. The van der Waals surface area contributed by atoms with Gasteiger partial charge in [-0.1, -0.05) is 6.07 Å². The van der Waals surface area contributed by atoms with Gasteiger partial charge in [-0.25, -0.2) is 19.2 Å². The number of rotatable bonds is 2. The molecule has 0 saturated carbocycles. The summed E-state index contributed by atoms with van der Waals surface area (Å²) in [4.78, 5) is 35.6. The third-order valence-electron chi connectivity index (χ3n) is 6.36. The van der Waals surface area contributed by atoms with Crippen molar-refractivity contribution >= 4 is 17.4 Å². The predicted molar refractivity (Wildman–Crippen MR) is 131 cm³/mol. The van der Waals surface area contributed by atoms with Crippen molar-refractivity contribution in [3.05, 3.63) is 70.3 Å². The molecular weight excluding hydrogens is 465 g/mol. The highest BCUT2D eigenvalue weighted by Crippen LogP contribution is 2.33. The third-order valence-corrected chi connectivity index (χ3v) is 6.36. The van der Waals surface area contributed by atoms with Gasteiger partial charge >= 0.3 is 6.09 Å². The first kappa shape index (κ1) is 23.9. The second-order valence-electron chi connectivity index (χ2n) is 10.3. The first-order valence-corrected chi connectivity index (χ1v) is 11.8.